The molecule has 0 saturated carbocycles. The van der Waals surface area contributed by atoms with Crippen molar-refractivity contribution in [2.24, 2.45) is 0 Å². The molecule has 2 aromatic rings. The molecule has 1 nitrogen and oxygen atoms in total. The van der Waals surface area contributed by atoms with Crippen LogP contribution in [0.15, 0.2) is 48.5 Å². The molecule has 0 aliphatic heterocycles. The maximum atomic E-state index is 12.4. The third-order valence-electron chi connectivity index (χ3n) is 2.99. The average molecular weight is 319 g/mol. The van der Waals surface area contributed by atoms with Crippen LogP contribution in [0.3, 0.4) is 0 Å². The Hall–Kier alpha value is -2.18. The fraction of sp³-hybridized carbons (Fsp3) is 0.200. The van der Waals surface area contributed by atoms with Crippen molar-refractivity contribution in [1.82, 2.24) is 0 Å². The van der Waals surface area contributed by atoms with E-state index in [-0.39, 0.29) is 6.54 Å². The van der Waals surface area contributed by atoms with Crippen molar-refractivity contribution < 1.29 is 26.3 Å². The van der Waals surface area contributed by atoms with Gasteiger partial charge in [-0.2, -0.15) is 26.3 Å². The molecule has 0 spiro atoms. The van der Waals surface area contributed by atoms with Gasteiger partial charge in [-0.05, 0) is 42.0 Å². The molecular formula is C15H11F6N. The minimum Gasteiger partial charge on any atom is -0.381 e. The summed E-state index contributed by atoms with van der Waals surface area (Å²) in [6.07, 6.45) is -8.79. The molecule has 0 radical (unpaired) electrons. The first-order valence-corrected chi connectivity index (χ1v) is 6.23. The highest BCUT2D eigenvalue weighted by atomic mass is 19.4. The summed E-state index contributed by atoms with van der Waals surface area (Å²) < 4.78 is 74.4. The van der Waals surface area contributed by atoms with Crippen LogP contribution in [-0.4, -0.2) is 0 Å². The predicted molar refractivity (Wildman–Crippen MR) is 70.2 cm³/mol. The molecule has 2 rings (SSSR count). The molecule has 0 fully saturated rings. The van der Waals surface area contributed by atoms with Crippen LogP contribution < -0.4 is 5.32 Å². The van der Waals surface area contributed by atoms with Gasteiger partial charge in [-0.25, -0.2) is 0 Å². The van der Waals surface area contributed by atoms with Crippen molar-refractivity contribution in [1.29, 1.82) is 0 Å². The molecule has 0 heterocycles. The third kappa shape index (κ3) is 4.16. The first-order chi connectivity index (χ1) is 10.2. The lowest BCUT2D eigenvalue weighted by Gasteiger charge is -2.11. The number of nitrogens with one attached hydrogen (secondary N) is 1. The molecule has 0 unspecified atom stereocenters. The van der Waals surface area contributed by atoms with E-state index in [9.17, 15) is 26.3 Å². The average Bonchev–Trinajstić information content (AvgIpc) is 2.44. The van der Waals surface area contributed by atoms with E-state index in [0.29, 0.717) is 11.3 Å². The second-order valence-corrected chi connectivity index (χ2v) is 4.62. The van der Waals surface area contributed by atoms with Gasteiger partial charge in [0.05, 0.1) is 11.1 Å². The molecule has 1 N–H and O–H groups in total. The Kier molecular flexibility index (Phi) is 4.35. The van der Waals surface area contributed by atoms with Gasteiger partial charge in [-0.1, -0.05) is 12.1 Å². The first kappa shape index (κ1) is 16.2. The highest BCUT2D eigenvalue weighted by Gasteiger charge is 2.30. The van der Waals surface area contributed by atoms with Crippen molar-refractivity contribution in [3.8, 4) is 0 Å². The van der Waals surface area contributed by atoms with Gasteiger partial charge in [-0.15, -0.1) is 0 Å². The standard InChI is InChI=1S/C15H11F6N/c16-14(17,18)11-3-1-10(2-4-11)9-22-13-7-5-12(6-8-13)15(19,20)21/h1-8,22H,9H2. The molecular weight excluding hydrogens is 308 g/mol. The van der Waals surface area contributed by atoms with E-state index in [0.717, 1.165) is 24.3 Å². The Morgan fingerprint density at radius 2 is 1.05 bits per heavy atom. The van der Waals surface area contributed by atoms with Crippen molar-refractivity contribution in [3.63, 3.8) is 0 Å². The molecule has 0 atom stereocenters. The van der Waals surface area contributed by atoms with Gasteiger partial charge < -0.3 is 5.32 Å². The summed E-state index contributed by atoms with van der Waals surface area (Å²) in [6.45, 7) is 0.212. The second kappa shape index (κ2) is 5.90. The van der Waals surface area contributed by atoms with Crippen LogP contribution in [0.2, 0.25) is 0 Å². The predicted octanol–water partition coefficient (Wildman–Crippen LogP) is 5.34. The van der Waals surface area contributed by atoms with Crippen molar-refractivity contribution >= 4 is 5.69 Å². The van der Waals surface area contributed by atoms with E-state index in [1.165, 1.54) is 24.3 Å². The second-order valence-electron chi connectivity index (χ2n) is 4.62. The Balaban J connectivity index is 1.98. The monoisotopic (exact) mass is 319 g/mol. The van der Waals surface area contributed by atoms with Gasteiger partial charge in [0.25, 0.3) is 0 Å². The zero-order chi connectivity index (χ0) is 16.4. The van der Waals surface area contributed by atoms with E-state index < -0.39 is 23.5 Å². The largest absolute Gasteiger partial charge is 0.416 e. The highest BCUT2D eigenvalue weighted by molar-refractivity contribution is 5.45. The number of benzene rings is 2. The minimum absolute atomic E-state index is 0.212. The van der Waals surface area contributed by atoms with Crippen LogP contribution in [-0.2, 0) is 18.9 Å². The van der Waals surface area contributed by atoms with E-state index in [1.807, 2.05) is 0 Å². The molecule has 22 heavy (non-hydrogen) atoms. The molecule has 0 aromatic heterocycles. The minimum atomic E-state index is -4.40. The number of anilines is 1. The summed E-state index contributed by atoms with van der Waals surface area (Å²) in [7, 11) is 0. The fourth-order valence-corrected chi connectivity index (χ4v) is 1.79. The topological polar surface area (TPSA) is 12.0 Å². The lowest BCUT2D eigenvalue weighted by atomic mass is 10.1. The molecule has 7 heteroatoms. The van der Waals surface area contributed by atoms with Crippen LogP contribution in [0.4, 0.5) is 32.0 Å². The third-order valence-corrected chi connectivity index (χ3v) is 2.99. The Morgan fingerprint density at radius 1 is 0.636 bits per heavy atom. The van der Waals surface area contributed by atoms with Crippen molar-refractivity contribution in [3.05, 3.63) is 65.2 Å². The van der Waals surface area contributed by atoms with Crippen molar-refractivity contribution in [2.75, 3.05) is 5.32 Å². The summed E-state index contributed by atoms with van der Waals surface area (Å²) in [5.74, 6) is 0. The van der Waals surface area contributed by atoms with Crippen LogP contribution in [0.5, 0.6) is 0 Å². The molecule has 0 aliphatic carbocycles. The summed E-state index contributed by atoms with van der Waals surface area (Å²) in [4.78, 5) is 0. The molecule has 0 amide bonds. The quantitative estimate of drug-likeness (QED) is 0.753. The van der Waals surface area contributed by atoms with Gasteiger partial charge in [0, 0.05) is 12.2 Å². The lowest BCUT2D eigenvalue weighted by Crippen LogP contribution is -2.06. The Bertz CT molecular complexity index is 553. The maximum absolute atomic E-state index is 12.4. The normalized spacial score (nSPS) is 12.3. The van der Waals surface area contributed by atoms with Crippen LogP contribution in [0.1, 0.15) is 16.7 Å². The number of halogens is 6. The van der Waals surface area contributed by atoms with Gasteiger partial charge in [0.15, 0.2) is 0 Å². The van der Waals surface area contributed by atoms with E-state index >= 15 is 0 Å². The Labute approximate surface area is 122 Å². The van der Waals surface area contributed by atoms with E-state index in [4.69, 9.17) is 0 Å². The molecule has 0 bridgehead atoms. The van der Waals surface area contributed by atoms with Crippen molar-refractivity contribution in [2.45, 2.75) is 18.9 Å². The summed E-state index contributed by atoms with van der Waals surface area (Å²) in [5, 5.41) is 2.85. The van der Waals surface area contributed by atoms with E-state index in [1.54, 1.807) is 0 Å². The van der Waals surface area contributed by atoms with Gasteiger partial charge in [0.1, 0.15) is 0 Å². The Morgan fingerprint density at radius 3 is 1.45 bits per heavy atom. The van der Waals surface area contributed by atoms with E-state index in [2.05, 4.69) is 5.32 Å². The highest BCUT2D eigenvalue weighted by Crippen LogP contribution is 2.30. The van der Waals surface area contributed by atoms with Crippen LogP contribution in [0, 0.1) is 0 Å². The summed E-state index contributed by atoms with van der Waals surface area (Å²) in [5.41, 5.74) is -0.459. The zero-order valence-electron chi connectivity index (χ0n) is 11.1. The zero-order valence-corrected chi connectivity index (χ0v) is 11.1. The van der Waals surface area contributed by atoms with Crippen LogP contribution >= 0.6 is 0 Å². The molecule has 2 aromatic carbocycles. The first-order valence-electron chi connectivity index (χ1n) is 6.23. The number of rotatable bonds is 3. The summed E-state index contributed by atoms with van der Waals surface area (Å²) >= 11 is 0. The van der Waals surface area contributed by atoms with Crippen LogP contribution in [0.25, 0.3) is 0 Å². The fourth-order valence-electron chi connectivity index (χ4n) is 1.79. The number of hydrogen-bond donors (Lipinski definition) is 1. The number of hydrogen-bond acceptors (Lipinski definition) is 1. The SMILES string of the molecule is FC(F)(F)c1ccc(CNc2ccc(C(F)(F)F)cc2)cc1. The van der Waals surface area contributed by atoms with Gasteiger partial charge in [0.2, 0.25) is 0 Å². The molecule has 0 aliphatic rings. The summed E-state index contributed by atoms with van der Waals surface area (Å²) in [6, 6.07) is 8.98. The smallest absolute Gasteiger partial charge is 0.381 e. The van der Waals surface area contributed by atoms with Gasteiger partial charge >= 0.3 is 12.4 Å². The lowest BCUT2D eigenvalue weighted by molar-refractivity contribution is -0.138. The van der Waals surface area contributed by atoms with Gasteiger partial charge in [-0.3, -0.25) is 0 Å². The number of alkyl halides is 6. The molecule has 118 valence electrons. The molecule has 0 saturated heterocycles. The maximum Gasteiger partial charge on any atom is 0.416 e.